The zero-order chi connectivity index (χ0) is 12.2. The van der Waals surface area contributed by atoms with Crippen molar-refractivity contribution in [3.8, 4) is 0 Å². The standard InChI is InChI=1S/C10H15N3O2S/c1-3-10(2,8(11)13-15)9(14)12-7-4-5-16-6-7/h4-6,15H,3H2,1-2H3,(H2,11,13)(H,12,14). The van der Waals surface area contributed by atoms with E-state index in [-0.39, 0.29) is 11.7 Å². The van der Waals surface area contributed by atoms with E-state index in [4.69, 9.17) is 10.9 Å². The fraction of sp³-hybridized carbons (Fsp3) is 0.400. The molecule has 0 fully saturated rings. The van der Waals surface area contributed by atoms with Gasteiger partial charge in [-0.25, -0.2) is 0 Å². The zero-order valence-corrected chi connectivity index (χ0v) is 10.0. The number of nitrogens with one attached hydrogen (secondary N) is 1. The molecule has 0 radical (unpaired) electrons. The van der Waals surface area contributed by atoms with Gasteiger partial charge in [0.1, 0.15) is 5.41 Å². The van der Waals surface area contributed by atoms with Crippen molar-refractivity contribution in [1.82, 2.24) is 0 Å². The number of hydrogen-bond acceptors (Lipinski definition) is 4. The van der Waals surface area contributed by atoms with Crippen LogP contribution in [0, 0.1) is 5.41 Å². The Bertz CT molecular complexity index is 389. The van der Waals surface area contributed by atoms with Crippen molar-refractivity contribution in [2.45, 2.75) is 20.3 Å². The van der Waals surface area contributed by atoms with Gasteiger partial charge in [0.25, 0.3) is 0 Å². The first-order valence-corrected chi connectivity index (χ1v) is 5.80. The van der Waals surface area contributed by atoms with Gasteiger partial charge in [0.05, 0.1) is 5.69 Å². The molecule has 1 heterocycles. The molecule has 0 bridgehead atoms. The van der Waals surface area contributed by atoms with Crippen LogP contribution in [-0.4, -0.2) is 17.0 Å². The summed E-state index contributed by atoms with van der Waals surface area (Å²) in [6.45, 7) is 3.45. The molecule has 0 aliphatic rings. The number of nitrogens with zero attached hydrogens (tertiary/aromatic N) is 1. The summed E-state index contributed by atoms with van der Waals surface area (Å²) in [4.78, 5) is 12.0. The maximum Gasteiger partial charge on any atom is 0.238 e. The molecule has 5 nitrogen and oxygen atoms in total. The highest BCUT2D eigenvalue weighted by molar-refractivity contribution is 7.08. The average molecular weight is 241 g/mol. The second-order valence-corrected chi connectivity index (χ2v) is 4.42. The molecule has 4 N–H and O–H groups in total. The highest BCUT2D eigenvalue weighted by Crippen LogP contribution is 2.24. The average Bonchev–Trinajstić information content (AvgIpc) is 2.79. The lowest BCUT2D eigenvalue weighted by Gasteiger charge is -2.24. The number of anilines is 1. The third-order valence-corrected chi connectivity index (χ3v) is 3.34. The van der Waals surface area contributed by atoms with Gasteiger partial charge in [0.2, 0.25) is 5.91 Å². The Hall–Kier alpha value is -1.56. The number of amidine groups is 1. The normalized spacial score (nSPS) is 15.5. The Morgan fingerprint density at radius 3 is 2.88 bits per heavy atom. The smallest absolute Gasteiger partial charge is 0.238 e. The molecule has 88 valence electrons. The number of amides is 1. The Morgan fingerprint density at radius 1 is 1.75 bits per heavy atom. The van der Waals surface area contributed by atoms with Gasteiger partial charge in [-0.05, 0) is 24.8 Å². The van der Waals surface area contributed by atoms with Crippen LogP contribution < -0.4 is 11.1 Å². The van der Waals surface area contributed by atoms with Crippen molar-refractivity contribution in [3.05, 3.63) is 16.8 Å². The summed E-state index contributed by atoms with van der Waals surface area (Å²) in [6.07, 6.45) is 0.457. The van der Waals surface area contributed by atoms with Crippen LogP contribution in [0.4, 0.5) is 5.69 Å². The second kappa shape index (κ2) is 4.98. The fourth-order valence-electron chi connectivity index (χ4n) is 1.17. The molecule has 1 rings (SSSR count). The highest BCUT2D eigenvalue weighted by Gasteiger charge is 2.36. The first-order valence-electron chi connectivity index (χ1n) is 4.86. The van der Waals surface area contributed by atoms with Crippen LogP contribution in [0.1, 0.15) is 20.3 Å². The molecule has 16 heavy (non-hydrogen) atoms. The van der Waals surface area contributed by atoms with Crippen LogP contribution in [0.2, 0.25) is 0 Å². The molecule has 0 spiro atoms. The lowest BCUT2D eigenvalue weighted by Crippen LogP contribution is -2.44. The molecule has 0 saturated heterocycles. The third kappa shape index (κ3) is 2.33. The third-order valence-electron chi connectivity index (χ3n) is 2.66. The fourth-order valence-corrected chi connectivity index (χ4v) is 1.76. The quantitative estimate of drug-likeness (QED) is 0.325. The molecule has 0 aliphatic carbocycles. The van der Waals surface area contributed by atoms with Crippen molar-refractivity contribution in [1.29, 1.82) is 0 Å². The van der Waals surface area contributed by atoms with Gasteiger partial charge >= 0.3 is 0 Å². The minimum atomic E-state index is -0.989. The number of carbonyl (C=O) groups excluding carboxylic acids is 1. The maximum atomic E-state index is 12.0. The van der Waals surface area contributed by atoms with Gasteiger partial charge in [-0.2, -0.15) is 11.3 Å². The number of carbonyl (C=O) groups is 1. The van der Waals surface area contributed by atoms with E-state index in [1.54, 1.807) is 13.0 Å². The molecule has 1 aromatic rings. The van der Waals surface area contributed by atoms with Gasteiger partial charge in [-0.1, -0.05) is 12.1 Å². The van der Waals surface area contributed by atoms with Gasteiger partial charge in [0, 0.05) is 5.38 Å². The molecule has 1 unspecified atom stereocenters. The van der Waals surface area contributed by atoms with Crippen LogP contribution in [0.15, 0.2) is 22.0 Å². The van der Waals surface area contributed by atoms with Crippen LogP contribution in [-0.2, 0) is 4.79 Å². The molecule has 0 aliphatic heterocycles. The number of rotatable bonds is 4. The minimum absolute atomic E-state index is 0.0808. The van der Waals surface area contributed by atoms with Crippen LogP contribution in [0.3, 0.4) is 0 Å². The molecule has 6 heteroatoms. The topological polar surface area (TPSA) is 87.7 Å². The Kier molecular flexibility index (Phi) is 3.89. The van der Waals surface area contributed by atoms with Gasteiger partial charge in [-0.3, -0.25) is 4.79 Å². The molecule has 1 atom stereocenters. The molecule has 1 amide bonds. The van der Waals surface area contributed by atoms with E-state index in [9.17, 15) is 4.79 Å². The van der Waals surface area contributed by atoms with E-state index in [0.29, 0.717) is 6.42 Å². The molecule has 0 aromatic carbocycles. The van der Waals surface area contributed by atoms with Crippen molar-refractivity contribution in [2.24, 2.45) is 16.3 Å². The zero-order valence-electron chi connectivity index (χ0n) is 9.23. The summed E-state index contributed by atoms with van der Waals surface area (Å²) in [5, 5.41) is 18.0. The van der Waals surface area contributed by atoms with E-state index in [1.807, 2.05) is 17.7 Å². The largest absolute Gasteiger partial charge is 0.409 e. The number of thiophene rings is 1. The number of hydrogen-bond donors (Lipinski definition) is 3. The highest BCUT2D eigenvalue weighted by atomic mass is 32.1. The predicted octanol–water partition coefficient (Wildman–Crippen LogP) is 1.85. The Labute approximate surface area is 98.0 Å². The summed E-state index contributed by atoms with van der Waals surface area (Å²) < 4.78 is 0. The SMILES string of the molecule is CCC(C)(C(=O)Nc1ccsc1)/C(N)=N/O. The first-order chi connectivity index (χ1) is 7.54. The van der Waals surface area contributed by atoms with E-state index in [2.05, 4.69) is 10.5 Å². The summed E-state index contributed by atoms with van der Waals surface area (Å²) in [5.41, 5.74) is 5.27. The number of oxime groups is 1. The first kappa shape index (κ1) is 12.5. The summed E-state index contributed by atoms with van der Waals surface area (Å²) in [7, 11) is 0. The van der Waals surface area contributed by atoms with Gasteiger partial charge in [0.15, 0.2) is 5.84 Å². The predicted molar refractivity (Wildman–Crippen MR) is 64.8 cm³/mol. The minimum Gasteiger partial charge on any atom is -0.409 e. The van der Waals surface area contributed by atoms with Crippen LogP contribution >= 0.6 is 11.3 Å². The monoisotopic (exact) mass is 241 g/mol. The summed E-state index contributed by atoms with van der Waals surface area (Å²) in [5.74, 6) is -0.355. The van der Waals surface area contributed by atoms with Gasteiger partial charge in [-0.15, -0.1) is 0 Å². The van der Waals surface area contributed by atoms with Crippen molar-refractivity contribution in [3.63, 3.8) is 0 Å². The van der Waals surface area contributed by atoms with Gasteiger partial charge < -0.3 is 16.3 Å². The van der Waals surface area contributed by atoms with Crippen molar-refractivity contribution < 1.29 is 10.0 Å². The van der Waals surface area contributed by atoms with Crippen molar-refractivity contribution in [2.75, 3.05) is 5.32 Å². The molecule has 0 saturated carbocycles. The molecular weight excluding hydrogens is 226 g/mol. The molecular formula is C10H15N3O2S. The number of nitrogens with two attached hydrogens (primary N) is 1. The second-order valence-electron chi connectivity index (χ2n) is 3.64. The Balaban J connectivity index is 2.85. The lowest BCUT2D eigenvalue weighted by molar-refractivity contribution is -0.121. The van der Waals surface area contributed by atoms with Crippen LogP contribution in [0.5, 0.6) is 0 Å². The summed E-state index contributed by atoms with van der Waals surface area (Å²) >= 11 is 1.49. The van der Waals surface area contributed by atoms with E-state index >= 15 is 0 Å². The summed E-state index contributed by atoms with van der Waals surface area (Å²) in [6, 6.07) is 1.80. The Morgan fingerprint density at radius 2 is 2.44 bits per heavy atom. The van der Waals surface area contributed by atoms with E-state index in [0.717, 1.165) is 5.69 Å². The molecule has 1 aromatic heterocycles. The van der Waals surface area contributed by atoms with Crippen LogP contribution in [0.25, 0.3) is 0 Å². The maximum absolute atomic E-state index is 12.0. The lowest BCUT2D eigenvalue weighted by atomic mass is 9.85. The van der Waals surface area contributed by atoms with Crippen molar-refractivity contribution >= 4 is 28.8 Å². The van der Waals surface area contributed by atoms with E-state index in [1.165, 1.54) is 11.3 Å². The van der Waals surface area contributed by atoms with E-state index < -0.39 is 5.41 Å².